The predicted octanol–water partition coefficient (Wildman–Crippen LogP) is 3.28. The Bertz CT molecular complexity index is 755. The van der Waals surface area contributed by atoms with Crippen molar-refractivity contribution in [1.82, 2.24) is 20.2 Å². The number of tetrazole rings is 1. The molecule has 6 heteroatoms. The van der Waals surface area contributed by atoms with Gasteiger partial charge in [0.1, 0.15) is 5.75 Å². The van der Waals surface area contributed by atoms with E-state index in [2.05, 4.69) is 39.9 Å². The summed E-state index contributed by atoms with van der Waals surface area (Å²) in [6.45, 7) is 3.00. The van der Waals surface area contributed by atoms with Gasteiger partial charge >= 0.3 is 0 Å². The molecular weight excluding hydrogens is 302 g/mol. The van der Waals surface area contributed by atoms with Crippen LogP contribution < -0.4 is 10.1 Å². The quantitative estimate of drug-likeness (QED) is 0.723. The van der Waals surface area contributed by atoms with Crippen LogP contribution in [0.5, 0.6) is 5.75 Å². The molecule has 0 fully saturated rings. The third-order valence-electron chi connectivity index (χ3n) is 4.02. The molecule has 1 heterocycles. The van der Waals surface area contributed by atoms with Gasteiger partial charge in [0.15, 0.2) is 0 Å². The summed E-state index contributed by atoms with van der Waals surface area (Å²) in [5.41, 5.74) is 2.23. The van der Waals surface area contributed by atoms with Crippen molar-refractivity contribution >= 4 is 5.95 Å². The summed E-state index contributed by atoms with van der Waals surface area (Å²) in [6.07, 6.45) is 0.980. The first-order valence-corrected chi connectivity index (χ1v) is 7.99. The van der Waals surface area contributed by atoms with Crippen LogP contribution in [-0.2, 0) is 0 Å². The smallest absolute Gasteiger partial charge is 0.247 e. The Morgan fingerprint density at radius 2 is 1.83 bits per heavy atom. The molecular formula is C18H21N5O. The van der Waals surface area contributed by atoms with E-state index in [1.807, 2.05) is 42.5 Å². The summed E-state index contributed by atoms with van der Waals surface area (Å²) < 4.78 is 6.90. The van der Waals surface area contributed by atoms with Crippen LogP contribution in [0.25, 0.3) is 5.69 Å². The largest absolute Gasteiger partial charge is 0.497 e. The number of anilines is 1. The van der Waals surface area contributed by atoms with Crippen LogP contribution in [-0.4, -0.2) is 33.9 Å². The van der Waals surface area contributed by atoms with E-state index in [1.165, 1.54) is 5.56 Å². The Kier molecular flexibility index (Phi) is 5.05. The number of nitrogens with one attached hydrogen (secondary N) is 1. The minimum absolute atomic E-state index is 0.435. The van der Waals surface area contributed by atoms with Crippen molar-refractivity contribution in [2.24, 2.45) is 0 Å². The van der Waals surface area contributed by atoms with E-state index < -0.39 is 0 Å². The predicted molar refractivity (Wildman–Crippen MR) is 93.7 cm³/mol. The number of hydrogen-bond donors (Lipinski definition) is 1. The lowest BCUT2D eigenvalue weighted by molar-refractivity contribution is 0.414. The van der Waals surface area contributed by atoms with Crippen molar-refractivity contribution < 1.29 is 4.74 Å². The Labute approximate surface area is 141 Å². The van der Waals surface area contributed by atoms with E-state index in [9.17, 15) is 0 Å². The van der Waals surface area contributed by atoms with Gasteiger partial charge in [-0.1, -0.05) is 42.4 Å². The Balaban J connectivity index is 1.58. The average Bonchev–Trinajstić information content (AvgIpc) is 3.11. The van der Waals surface area contributed by atoms with Crippen LogP contribution in [0.4, 0.5) is 5.95 Å². The summed E-state index contributed by atoms with van der Waals surface area (Å²) in [7, 11) is 1.68. The molecule has 6 nitrogen and oxygen atoms in total. The van der Waals surface area contributed by atoms with Crippen molar-refractivity contribution in [1.29, 1.82) is 0 Å². The monoisotopic (exact) mass is 323 g/mol. The average molecular weight is 323 g/mol. The summed E-state index contributed by atoms with van der Waals surface area (Å²) in [5.74, 6) is 1.97. The summed E-state index contributed by atoms with van der Waals surface area (Å²) in [4.78, 5) is 0. The third-order valence-corrected chi connectivity index (χ3v) is 4.02. The van der Waals surface area contributed by atoms with E-state index >= 15 is 0 Å². The number of para-hydroxylation sites is 1. The number of nitrogens with zero attached hydrogens (tertiary/aromatic N) is 4. The molecule has 0 amide bonds. The lowest BCUT2D eigenvalue weighted by atomic mass is 9.98. The molecule has 1 N–H and O–H groups in total. The molecule has 0 saturated carbocycles. The molecule has 1 aromatic heterocycles. The lowest BCUT2D eigenvalue weighted by Crippen LogP contribution is -2.11. The van der Waals surface area contributed by atoms with Gasteiger partial charge in [0.25, 0.3) is 0 Å². The van der Waals surface area contributed by atoms with E-state index in [0.29, 0.717) is 11.9 Å². The van der Waals surface area contributed by atoms with Gasteiger partial charge in [-0.15, -0.1) is 0 Å². The number of aromatic nitrogens is 4. The first-order valence-electron chi connectivity index (χ1n) is 7.99. The van der Waals surface area contributed by atoms with Crippen molar-refractivity contribution in [2.75, 3.05) is 19.0 Å². The van der Waals surface area contributed by atoms with Gasteiger partial charge in [-0.25, -0.2) is 0 Å². The van der Waals surface area contributed by atoms with Gasteiger partial charge in [-0.3, -0.25) is 0 Å². The van der Waals surface area contributed by atoms with E-state index in [4.69, 9.17) is 4.74 Å². The van der Waals surface area contributed by atoms with Crippen molar-refractivity contribution in [3.05, 3.63) is 60.2 Å². The maximum Gasteiger partial charge on any atom is 0.247 e. The summed E-state index contributed by atoms with van der Waals surface area (Å²) in [5, 5.41) is 15.2. The van der Waals surface area contributed by atoms with Crippen LogP contribution in [0.2, 0.25) is 0 Å². The fourth-order valence-corrected chi connectivity index (χ4v) is 2.54. The minimum Gasteiger partial charge on any atom is -0.497 e. The fourth-order valence-electron chi connectivity index (χ4n) is 2.54. The second kappa shape index (κ2) is 7.59. The van der Waals surface area contributed by atoms with Crippen LogP contribution >= 0.6 is 0 Å². The van der Waals surface area contributed by atoms with E-state index in [-0.39, 0.29) is 0 Å². The standard InChI is InChI=1S/C18H21N5O/c1-14(15-8-10-17(24-2)11-9-15)12-13-19-18-20-21-22-23(18)16-6-4-3-5-7-16/h3-11,14H,12-13H2,1-2H3,(H,19,20,22). The fraction of sp³-hybridized carbons (Fsp3) is 0.278. The molecule has 0 saturated heterocycles. The Morgan fingerprint density at radius 3 is 2.54 bits per heavy atom. The summed E-state index contributed by atoms with van der Waals surface area (Å²) >= 11 is 0. The summed E-state index contributed by atoms with van der Waals surface area (Å²) in [6, 6.07) is 18.1. The molecule has 24 heavy (non-hydrogen) atoms. The second-order valence-electron chi connectivity index (χ2n) is 5.64. The van der Waals surface area contributed by atoms with Crippen LogP contribution in [0.1, 0.15) is 24.8 Å². The highest BCUT2D eigenvalue weighted by molar-refractivity contribution is 5.38. The highest BCUT2D eigenvalue weighted by Gasteiger charge is 2.09. The van der Waals surface area contributed by atoms with Gasteiger partial charge in [-0.2, -0.15) is 4.68 Å². The maximum absolute atomic E-state index is 5.20. The number of rotatable bonds is 7. The normalized spacial score (nSPS) is 11.9. The van der Waals surface area contributed by atoms with E-state index in [0.717, 1.165) is 24.4 Å². The molecule has 124 valence electrons. The van der Waals surface area contributed by atoms with Crippen molar-refractivity contribution in [2.45, 2.75) is 19.3 Å². The van der Waals surface area contributed by atoms with Gasteiger partial charge < -0.3 is 10.1 Å². The van der Waals surface area contributed by atoms with Crippen LogP contribution in [0, 0.1) is 0 Å². The molecule has 1 atom stereocenters. The number of hydrogen-bond acceptors (Lipinski definition) is 5. The van der Waals surface area contributed by atoms with Crippen molar-refractivity contribution in [3.63, 3.8) is 0 Å². The van der Waals surface area contributed by atoms with Crippen LogP contribution in [0.3, 0.4) is 0 Å². The van der Waals surface area contributed by atoms with Crippen LogP contribution in [0.15, 0.2) is 54.6 Å². The SMILES string of the molecule is COc1ccc(C(C)CCNc2nnnn2-c2ccccc2)cc1. The van der Waals surface area contributed by atoms with Crippen molar-refractivity contribution in [3.8, 4) is 11.4 Å². The number of benzene rings is 2. The zero-order chi connectivity index (χ0) is 16.8. The number of ether oxygens (including phenoxy) is 1. The molecule has 3 aromatic rings. The molecule has 0 aliphatic rings. The lowest BCUT2D eigenvalue weighted by Gasteiger charge is -2.13. The molecule has 3 rings (SSSR count). The topological polar surface area (TPSA) is 64.9 Å². The first kappa shape index (κ1) is 16.0. The second-order valence-corrected chi connectivity index (χ2v) is 5.64. The molecule has 0 bridgehead atoms. The molecule has 0 aliphatic carbocycles. The molecule has 2 aromatic carbocycles. The number of methoxy groups -OCH3 is 1. The zero-order valence-electron chi connectivity index (χ0n) is 13.9. The van der Waals surface area contributed by atoms with E-state index in [1.54, 1.807) is 11.8 Å². The zero-order valence-corrected chi connectivity index (χ0v) is 13.9. The molecule has 0 radical (unpaired) electrons. The van der Waals surface area contributed by atoms with Gasteiger partial charge in [0, 0.05) is 6.54 Å². The first-order chi connectivity index (χ1) is 11.8. The highest BCUT2D eigenvalue weighted by Crippen LogP contribution is 2.22. The van der Waals surface area contributed by atoms with Gasteiger partial charge in [-0.05, 0) is 52.6 Å². The maximum atomic E-state index is 5.20. The Hall–Kier alpha value is -2.89. The van der Waals surface area contributed by atoms with Gasteiger partial charge in [0.05, 0.1) is 12.8 Å². The third kappa shape index (κ3) is 3.71. The highest BCUT2D eigenvalue weighted by atomic mass is 16.5. The molecule has 0 aliphatic heterocycles. The Morgan fingerprint density at radius 1 is 1.08 bits per heavy atom. The van der Waals surface area contributed by atoms with Gasteiger partial charge in [0.2, 0.25) is 5.95 Å². The minimum atomic E-state index is 0.435. The molecule has 0 spiro atoms. The molecule has 1 unspecified atom stereocenters.